The Labute approximate surface area is 196 Å². The minimum Gasteiger partial charge on any atom is -0.506 e. The molecule has 0 radical (unpaired) electrons. The van der Waals surface area contributed by atoms with E-state index in [1.165, 1.54) is 28.4 Å². The first-order valence-electron chi connectivity index (χ1n) is 9.99. The highest BCUT2D eigenvalue weighted by atomic mass is 32.2. The van der Waals surface area contributed by atoms with E-state index in [4.69, 9.17) is 23.7 Å². The molecule has 0 bridgehead atoms. The molecule has 0 atom stereocenters. The number of nitrogens with zero attached hydrogens (tertiary/aromatic N) is 1. The number of hydrogen-bond donors (Lipinski definition) is 1. The van der Waals surface area contributed by atoms with Gasteiger partial charge in [0, 0.05) is 5.56 Å². The summed E-state index contributed by atoms with van der Waals surface area (Å²) < 4.78 is 26.6. The standard InChI is InChI=1S/C24H25NO7S/c1-6-32-16-10-8-15(9-11-16)25-23-19(24(27)31-5)20(26)18(33-23)13-14-7-12-17(28-2)22(30-4)21(14)29-3/h7-13,26H,6H2,1-5H3/b18-13+,25-23?. The molecule has 9 heteroatoms. The van der Waals surface area contributed by atoms with Crippen molar-refractivity contribution in [3.63, 3.8) is 0 Å². The zero-order valence-electron chi connectivity index (χ0n) is 19.0. The molecule has 8 nitrogen and oxygen atoms in total. The van der Waals surface area contributed by atoms with Crippen LogP contribution in [0.15, 0.2) is 57.6 Å². The maximum absolute atomic E-state index is 12.4. The van der Waals surface area contributed by atoms with Gasteiger partial charge in [0.2, 0.25) is 5.75 Å². The van der Waals surface area contributed by atoms with Crippen LogP contribution in [-0.2, 0) is 9.53 Å². The Balaban J connectivity index is 2.06. The quantitative estimate of drug-likeness (QED) is 0.543. The van der Waals surface area contributed by atoms with Gasteiger partial charge in [0.25, 0.3) is 0 Å². The number of carbonyl (C=O) groups is 1. The lowest BCUT2D eigenvalue weighted by molar-refractivity contribution is -0.135. The molecule has 2 aromatic carbocycles. The molecule has 0 aliphatic carbocycles. The Morgan fingerprint density at radius 1 is 1.00 bits per heavy atom. The zero-order chi connectivity index (χ0) is 24.0. The van der Waals surface area contributed by atoms with Crippen LogP contribution in [0.1, 0.15) is 12.5 Å². The van der Waals surface area contributed by atoms with Gasteiger partial charge in [0.1, 0.15) is 22.1 Å². The number of hydrogen-bond acceptors (Lipinski definition) is 9. The van der Waals surface area contributed by atoms with Crippen LogP contribution in [-0.4, -0.2) is 51.2 Å². The molecule has 33 heavy (non-hydrogen) atoms. The molecule has 1 aliphatic heterocycles. The predicted molar refractivity (Wildman–Crippen MR) is 128 cm³/mol. The van der Waals surface area contributed by atoms with Gasteiger partial charge in [-0.05, 0) is 49.4 Å². The van der Waals surface area contributed by atoms with E-state index in [1.54, 1.807) is 42.5 Å². The molecule has 1 heterocycles. The summed E-state index contributed by atoms with van der Waals surface area (Å²) in [7, 11) is 5.80. The summed E-state index contributed by atoms with van der Waals surface area (Å²) in [6.45, 7) is 2.46. The van der Waals surface area contributed by atoms with Crippen LogP contribution in [0.3, 0.4) is 0 Å². The average Bonchev–Trinajstić information content (AvgIpc) is 3.13. The number of thioether (sulfide) groups is 1. The van der Waals surface area contributed by atoms with E-state index in [9.17, 15) is 9.90 Å². The second-order valence-corrected chi connectivity index (χ2v) is 7.62. The fraction of sp³-hybridized carbons (Fsp3) is 0.250. The Bertz CT molecular complexity index is 1120. The SMILES string of the molecule is CCOc1ccc(N=C2S/C(=C/c3ccc(OC)c(OC)c3OC)C(O)=C2C(=O)OC)cc1. The van der Waals surface area contributed by atoms with Gasteiger partial charge in [0.15, 0.2) is 11.5 Å². The van der Waals surface area contributed by atoms with E-state index in [0.717, 1.165) is 11.8 Å². The lowest BCUT2D eigenvalue weighted by Crippen LogP contribution is -2.10. The number of aliphatic hydroxyl groups is 1. The van der Waals surface area contributed by atoms with Gasteiger partial charge in [-0.15, -0.1) is 0 Å². The third kappa shape index (κ3) is 5.09. The third-order valence-electron chi connectivity index (χ3n) is 4.68. The maximum Gasteiger partial charge on any atom is 0.344 e. The van der Waals surface area contributed by atoms with Gasteiger partial charge in [-0.1, -0.05) is 11.8 Å². The van der Waals surface area contributed by atoms with E-state index < -0.39 is 5.97 Å². The van der Waals surface area contributed by atoms with Crippen LogP contribution in [0.25, 0.3) is 6.08 Å². The normalized spacial score (nSPS) is 15.7. The van der Waals surface area contributed by atoms with Crippen molar-refractivity contribution in [1.29, 1.82) is 0 Å². The van der Waals surface area contributed by atoms with Crippen molar-refractivity contribution in [2.24, 2.45) is 4.99 Å². The number of esters is 1. The number of aliphatic hydroxyl groups excluding tert-OH is 1. The summed E-state index contributed by atoms with van der Waals surface area (Å²) >= 11 is 1.14. The van der Waals surface area contributed by atoms with Crippen LogP contribution in [0.2, 0.25) is 0 Å². The maximum atomic E-state index is 12.4. The molecule has 0 saturated carbocycles. The Hall–Kier alpha value is -3.59. The second kappa shape index (κ2) is 10.8. The van der Waals surface area contributed by atoms with Crippen LogP contribution >= 0.6 is 11.8 Å². The molecule has 0 spiro atoms. The summed E-state index contributed by atoms with van der Waals surface area (Å²) in [5.41, 5.74) is 1.21. The Kier molecular flexibility index (Phi) is 7.89. The third-order valence-corrected chi connectivity index (χ3v) is 5.70. The molecule has 0 aromatic heterocycles. The smallest absolute Gasteiger partial charge is 0.344 e. The number of carbonyl (C=O) groups excluding carboxylic acids is 1. The monoisotopic (exact) mass is 471 g/mol. The average molecular weight is 472 g/mol. The minimum absolute atomic E-state index is 0.0120. The first-order chi connectivity index (χ1) is 16.0. The number of aliphatic imine (C=N–C) groups is 1. The number of rotatable bonds is 8. The van der Waals surface area contributed by atoms with Gasteiger partial charge in [-0.3, -0.25) is 0 Å². The molecule has 1 aliphatic rings. The van der Waals surface area contributed by atoms with Crippen molar-refractivity contribution in [2.75, 3.05) is 35.0 Å². The molecule has 3 rings (SSSR count). The summed E-state index contributed by atoms with van der Waals surface area (Å²) in [6, 6.07) is 10.6. The molecule has 0 amide bonds. The Morgan fingerprint density at radius 2 is 1.70 bits per heavy atom. The van der Waals surface area contributed by atoms with Crippen molar-refractivity contribution in [2.45, 2.75) is 6.92 Å². The summed E-state index contributed by atoms with van der Waals surface area (Å²) in [4.78, 5) is 17.4. The fourth-order valence-corrected chi connectivity index (χ4v) is 4.20. The summed E-state index contributed by atoms with van der Waals surface area (Å²) in [5, 5.41) is 11.2. The largest absolute Gasteiger partial charge is 0.506 e. The molecule has 174 valence electrons. The van der Waals surface area contributed by atoms with Gasteiger partial charge in [-0.2, -0.15) is 0 Å². The van der Waals surface area contributed by atoms with E-state index in [1.807, 2.05) is 6.92 Å². The van der Waals surface area contributed by atoms with Crippen molar-refractivity contribution in [3.05, 3.63) is 58.2 Å². The van der Waals surface area contributed by atoms with Gasteiger partial charge >= 0.3 is 5.97 Å². The zero-order valence-corrected chi connectivity index (χ0v) is 19.8. The van der Waals surface area contributed by atoms with E-state index in [2.05, 4.69) is 4.99 Å². The first-order valence-corrected chi connectivity index (χ1v) is 10.8. The molecule has 0 fully saturated rings. The van der Waals surface area contributed by atoms with Crippen molar-refractivity contribution in [3.8, 4) is 23.0 Å². The minimum atomic E-state index is -0.688. The summed E-state index contributed by atoms with van der Waals surface area (Å²) in [5.74, 6) is 1.14. The van der Waals surface area contributed by atoms with Gasteiger partial charge in [0.05, 0.1) is 45.6 Å². The molecular weight excluding hydrogens is 446 g/mol. The summed E-state index contributed by atoms with van der Waals surface area (Å²) in [6.07, 6.45) is 1.68. The van der Waals surface area contributed by atoms with Crippen molar-refractivity contribution < 1.29 is 33.6 Å². The number of ether oxygens (including phenoxy) is 5. The predicted octanol–water partition coefficient (Wildman–Crippen LogP) is 4.91. The lowest BCUT2D eigenvalue weighted by atomic mass is 10.1. The first kappa shape index (κ1) is 24.1. The van der Waals surface area contributed by atoms with Crippen molar-refractivity contribution in [1.82, 2.24) is 0 Å². The van der Waals surface area contributed by atoms with E-state index in [0.29, 0.717) is 50.8 Å². The van der Waals surface area contributed by atoms with Crippen LogP contribution in [0, 0.1) is 0 Å². The highest BCUT2D eigenvalue weighted by Crippen LogP contribution is 2.44. The van der Waals surface area contributed by atoms with E-state index >= 15 is 0 Å². The van der Waals surface area contributed by atoms with Crippen LogP contribution in [0.4, 0.5) is 5.69 Å². The van der Waals surface area contributed by atoms with Gasteiger partial charge < -0.3 is 28.8 Å². The van der Waals surface area contributed by atoms with Crippen molar-refractivity contribution >= 4 is 34.5 Å². The number of benzene rings is 2. The van der Waals surface area contributed by atoms with Crippen LogP contribution in [0.5, 0.6) is 23.0 Å². The van der Waals surface area contributed by atoms with Gasteiger partial charge in [-0.25, -0.2) is 9.79 Å². The molecule has 0 unspecified atom stereocenters. The highest BCUT2D eigenvalue weighted by Gasteiger charge is 2.33. The Morgan fingerprint density at radius 3 is 2.27 bits per heavy atom. The molecular formula is C24H25NO7S. The second-order valence-electron chi connectivity index (χ2n) is 6.59. The lowest BCUT2D eigenvalue weighted by Gasteiger charge is -2.14. The molecule has 2 aromatic rings. The van der Waals surface area contributed by atoms with Crippen LogP contribution < -0.4 is 18.9 Å². The topological polar surface area (TPSA) is 95.8 Å². The fourth-order valence-electron chi connectivity index (χ4n) is 3.17. The highest BCUT2D eigenvalue weighted by molar-refractivity contribution is 8.18. The number of methoxy groups -OCH3 is 4. The van der Waals surface area contributed by atoms with E-state index in [-0.39, 0.29) is 11.3 Å². The molecule has 1 N–H and O–H groups in total. The molecule has 0 saturated heterocycles.